The van der Waals surface area contributed by atoms with Crippen LogP contribution in [0.4, 0.5) is 0 Å². The normalized spacial score (nSPS) is 11.1. The topological polar surface area (TPSA) is 117 Å². The number of aromatic nitrogens is 6. The van der Waals surface area contributed by atoms with Crippen LogP contribution in [-0.4, -0.2) is 55.6 Å². The molecule has 10 nitrogen and oxygen atoms in total. The van der Waals surface area contributed by atoms with Crippen molar-refractivity contribution in [2.24, 2.45) is 0 Å². The maximum atomic E-state index is 12.4. The largest absolute Gasteiger partial charge is 0.462 e. The molecule has 1 N–H and O–H groups in total. The van der Waals surface area contributed by atoms with Gasteiger partial charge in [0.05, 0.1) is 24.7 Å². The minimum absolute atomic E-state index is 0.176. The number of nitrogens with one attached hydrogen (secondary N) is 1. The Morgan fingerprint density at radius 3 is 3.00 bits per heavy atom. The van der Waals surface area contributed by atoms with Gasteiger partial charge in [0, 0.05) is 26.5 Å². The monoisotopic (exact) mass is 346 g/mol. The van der Waals surface area contributed by atoms with Gasteiger partial charge in [-0.25, -0.2) is 14.5 Å². The molecule has 3 aromatic rings. The number of fused-ring (bicyclic) bond motifs is 1. The standard InChI is InChI=1S/C15H18N6O4/c1-3-25-14(23)10-7-17-21(8-10)15-18-12-11(13(22)19-15)20(9-16-12)5-4-6-24-2/h7-9H,3-6H2,1-2H3,(H,18,19,22). The highest BCUT2D eigenvalue weighted by molar-refractivity contribution is 5.88. The Kier molecular flexibility index (Phi) is 4.89. The van der Waals surface area contributed by atoms with Crippen molar-refractivity contribution in [2.75, 3.05) is 20.3 Å². The first-order valence-electron chi connectivity index (χ1n) is 7.80. The second-order valence-corrected chi connectivity index (χ2v) is 5.24. The number of H-pyrrole nitrogens is 1. The summed E-state index contributed by atoms with van der Waals surface area (Å²) in [7, 11) is 1.63. The molecule has 132 valence electrons. The second-order valence-electron chi connectivity index (χ2n) is 5.24. The molecule has 0 aliphatic heterocycles. The quantitative estimate of drug-likeness (QED) is 0.489. The number of methoxy groups -OCH3 is 1. The third kappa shape index (κ3) is 3.43. The Labute approximate surface area is 142 Å². The first kappa shape index (κ1) is 16.8. The maximum Gasteiger partial charge on any atom is 0.341 e. The van der Waals surface area contributed by atoms with Crippen molar-refractivity contribution in [3.63, 3.8) is 0 Å². The van der Waals surface area contributed by atoms with E-state index in [0.29, 0.717) is 24.3 Å². The summed E-state index contributed by atoms with van der Waals surface area (Å²) in [6.07, 6.45) is 5.12. The van der Waals surface area contributed by atoms with Gasteiger partial charge < -0.3 is 14.0 Å². The number of carbonyl (C=O) groups is 1. The van der Waals surface area contributed by atoms with Crippen LogP contribution in [0, 0.1) is 0 Å². The summed E-state index contributed by atoms with van der Waals surface area (Å²) in [4.78, 5) is 35.2. The Morgan fingerprint density at radius 2 is 2.24 bits per heavy atom. The lowest BCUT2D eigenvalue weighted by Crippen LogP contribution is -2.16. The molecule has 25 heavy (non-hydrogen) atoms. The minimum atomic E-state index is -0.486. The lowest BCUT2D eigenvalue weighted by atomic mass is 10.4. The molecule has 10 heteroatoms. The van der Waals surface area contributed by atoms with Gasteiger partial charge in [0.15, 0.2) is 11.2 Å². The van der Waals surface area contributed by atoms with Crippen molar-refractivity contribution in [1.82, 2.24) is 29.3 Å². The average Bonchev–Trinajstić information content (AvgIpc) is 3.23. The highest BCUT2D eigenvalue weighted by Gasteiger charge is 2.14. The SMILES string of the molecule is CCOC(=O)c1cnn(-c2nc3ncn(CCCOC)c3c(=O)[nH]2)c1. The maximum absolute atomic E-state index is 12.4. The van der Waals surface area contributed by atoms with E-state index in [4.69, 9.17) is 9.47 Å². The van der Waals surface area contributed by atoms with E-state index in [1.54, 1.807) is 24.9 Å². The second kappa shape index (κ2) is 7.26. The number of aromatic amines is 1. The molecule has 0 saturated heterocycles. The van der Waals surface area contributed by atoms with Gasteiger partial charge in [-0.2, -0.15) is 10.1 Å². The smallest absolute Gasteiger partial charge is 0.341 e. The molecule has 0 saturated carbocycles. The van der Waals surface area contributed by atoms with Gasteiger partial charge in [-0.05, 0) is 13.3 Å². The van der Waals surface area contributed by atoms with Gasteiger partial charge in [-0.1, -0.05) is 0 Å². The zero-order valence-electron chi connectivity index (χ0n) is 13.9. The summed E-state index contributed by atoms with van der Waals surface area (Å²) in [5, 5.41) is 4.04. The van der Waals surface area contributed by atoms with Gasteiger partial charge in [0.1, 0.15) is 0 Å². The summed E-state index contributed by atoms with van der Waals surface area (Å²) >= 11 is 0. The molecule has 0 aliphatic carbocycles. The van der Waals surface area contributed by atoms with Crippen LogP contribution < -0.4 is 5.56 Å². The van der Waals surface area contributed by atoms with Crippen LogP contribution in [-0.2, 0) is 16.0 Å². The van der Waals surface area contributed by atoms with Crippen LogP contribution in [0.2, 0.25) is 0 Å². The molecule has 3 aromatic heterocycles. The molecule has 0 spiro atoms. The van der Waals surface area contributed by atoms with Crippen LogP contribution >= 0.6 is 0 Å². The van der Waals surface area contributed by atoms with E-state index < -0.39 is 5.97 Å². The van der Waals surface area contributed by atoms with E-state index in [1.807, 2.05) is 0 Å². The zero-order chi connectivity index (χ0) is 17.8. The van der Waals surface area contributed by atoms with Gasteiger partial charge in [-0.3, -0.25) is 9.78 Å². The molecule has 0 aromatic carbocycles. The third-order valence-electron chi connectivity index (χ3n) is 3.53. The zero-order valence-corrected chi connectivity index (χ0v) is 13.9. The number of hydrogen-bond donors (Lipinski definition) is 1. The molecular formula is C15H18N6O4. The van der Waals surface area contributed by atoms with Gasteiger partial charge in [0.25, 0.3) is 5.56 Å². The van der Waals surface area contributed by atoms with Crippen LogP contribution in [0.3, 0.4) is 0 Å². The number of nitrogens with zero attached hydrogens (tertiary/aromatic N) is 5. The molecule has 0 radical (unpaired) electrons. The number of esters is 1. The number of rotatable bonds is 7. The lowest BCUT2D eigenvalue weighted by molar-refractivity contribution is 0.0526. The molecule has 3 heterocycles. The molecular weight excluding hydrogens is 328 g/mol. The van der Waals surface area contributed by atoms with Crippen LogP contribution in [0.1, 0.15) is 23.7 Å². The van der Waals surface area contributed by atoms with Crippen molar-refractivity contribution < 1.29 is 14.3 Å². The summed E-state index contributed by atoms with van der Waals surface area (Å²) in [5.41, 5.74) is 0.639. The molecule has 0 atom stereocenters. The number of carbonyl (C=O) groups excluding carboxylic acids is 1. The first-order valence-corrected chi connectivity index (χ1v) is 7.80. The van der Waals surface area contributed by atoms with Crippen LogP contribution in [0.15, 0.2) is 23.5 Å². The van der Waals surface area contributed by atoms with Crippen molar-refractivity contribution >= 4 is 17.1 Å². The highest BCUT2D eigenvalue weighted by Crippen LogP contribution is 2.09. The molecule has 0 fully saturated rings. The van der Waals surface area contributed by atoms with E-state index in [-0.39, 0.29) is 23.7 Å². The molecule has 0 bridgehead atoms. The average molecular weight is 346 g/mol. The number of hydrogen-bond acceptors (Lipinski definition) is 7. The summed E-state index contributed by atoms with van der Waals surface area (Å²) in [6.45, 7) is 3.18. The minimum Gasteiger partial charge on any atom is -0.462 e. The van der Waals surface area contributed by atoms with Gasteiger partial charge in [-0.15, -0.1) is 0 Å². The van der Waals surface area contributed by atoms with E-state index in [9.17, 15) is 9.59 Å². The Bertz CT molecular complexity index is 941. The van der Waals surface area contributed by atoms with Gasteiger partial charge in [0.2, 0.25) is 5.95 Å². The predicted octanol–water partition coefficient (Wildman–Crippen LogP) is 0.518. The summed E-state index contributed by atoms with van der Waals surface area (Å²) in [5.74, 6) is -0.310. The molecule has 0 unspecified atom stereocenters. The van der Waals surface area contributed by atoms with E-state index in [0.717, 1.165) is 6.42 Å². The fraction of sp³-hybridized carbons (Fsp3) is 0.400. The first-order chi connectivity index (χ1) is 12.1. The Morgan fingerprint density at radius 1 is 1.40 bits per heavy atom. The highest BCUT2D eigenvalue weighted by atomic mass is 16.5. The Hall–Kier alpha value is -3.01. The van der Waals surface area contributed by atoms with E-state index in [1.165, 1.54) is 17.1 Å². The van der Waals surface area contributed by atoms with Crippen LogP contribution in [0.5, 0.6) is 0 Å². The summed E-state index contributed by atoms with van der Waals surface area (Å²) in [6, 6.07) is 0. The van der Waals surface area contributed by atoms with Crippen molar-refractivity contribution in [3.05, 3.63) is 34.6 Å². The third-order valence-corrected chi connectivity index (χ3v) is 3.53. The Balaban J connectivity index is 1.91. The number of aryl methyl sites for hydroxylation is 1. The van der Waals surface area contributed by atoms with Crippen LogP contribution in [0.25, 0.3) is 17.1 Å². The van der Waals surface area contributed by atoms with Gasteiger partial charge >= 0.3 is 5.97 Å². The van der Waals surface area contributed by atoms with E-state index >= 15 is 0 Å². The summed E-state index contributed by atoms with van der Waals surface area (Å²) < 4.78 is 13.0. The molecule has 0 amide bonds. The molecule has 0 aliphatic rings. The van der Waals surface area contributed by atoms with Crippen molar-refractivity contribution in [1.29, 1.82) is 0 Å². The number of imidazole rings is 1. The fourth-order valence-electron chi connectivity index (χ4n) is 2.39. The van der Waals surface area contributed by atoms with Crippen molar-refractivity contribution in [3.8, 4) is 5.95 Å². The number of ether oxygens (including phenoxy) is 2. The van der Waals surface area contributed by atoms with Crippen molar-refractivity contribution in [2.45, 2.75) is 19.9 Å². The van der Waals surface area contributed by atoms with E-state index in [2.05, 4.69) is 20.1 Å². The fourth-order valence-corrected chi connectivity index (χ4v) is 2.39. The predicted molar refractivity (Wildman–Crippen MR) is 87.7 cm³/mol. The lowest BCUT2D eigenvalue weighted by Gasteiger charge is -2.04. The molecule has 3 rings (SSSR count).